The van der Waals surface area contributed by atoms with Crippen molar-refractivity contribution in [2.75, 3.05) is 11.9 Å². The van der Waals surface area contributed by atoms with Crippen molar-refractivity contribution in [3.05, 3.63) is 43.0 Å². The Hall–Kier alpha value is -1.23. The molecule has 4 heterocycles. The van der Waals surface area contributed by atoms with Gasteiger partial charge in [0.2, 0.25) is 0 Å². The van der Waals surface area contributed by atoms with E-state index in [9.17, 15) is 0 Å². The molecule has 144 valence electrons. The number of rotatable bonds is 4. The number of ether oxygens (including phenoxy) is 1. The molecule has 10 heteroatoms. The Labute approximate surface area is 177 Å². The average Bonchev–Trinajstić information content (AvgIpc) is 3.36. The highest BCUT2D eigenvalue weighted by atomic mass is 79.9. The Bertz CT molecular complexity index is 920. The number of aromatic nitrogens is 1. The van der Waals surface area contributed by atoms with E-state index in [4.69, 9.17) is 32.0 Å². The number of carboxylic acid groups (broad SMARTS) is 1. The van der Waals surface area contributed by atoms with Crippen LogP contribution in [0, 0.1) is 0 Å². The van der Waals surface area contributed by atoms with Crippen molar-refractivity contribution in [2.24, 2.45) is 5.73 Å². The molecule has 1 aliphatic heterocycles. The van der Waals surface area contributed by atoms with E-state index in [2.05, 4.69) is 43.7 Å². The summed E-state index contributed by atoms with van der Waals surface area (Å²) in [7, 11) is 0. The van der Waals surface area contributed by atoms with E-state index in [1.54, 1.807) is 22.7 Å². The van der Waals surface area contributed by atoms with Gasteiger partial charge in [-0.3, -0.25) is 4.79 Å². The number of hydrogen-bond donors (Lipinski definition) is 3. The summed E-state index contributed by atoms with van der Waals surface area (Å²) in [5.41, 5.74) is 8.04. The third-order valence-electron chi connectivity index (χ3n) is 4.01. The second kappa shape index (κ2) is 9.31. The minimum Gasteiger partial charge on any atom is -0.483 e. The number of pyridine rings is 1. The number of nitrogens with two attached hydrogens (primary N) is 1. The van der Waals surface area contributed by atoms with Crippen molar-refractivity contribution in [3.8, 4) is 0 Å². The molecular formula is C17H17BrClN3O3S2. The van der Waals surface area contributed by atoms with Gasteiger partial charge in [0.15, 0.2) is 0 Å². The predicted molar refractivity (Wildman–Crippen MR) is 114 cm³/mol. The van der Waals surface area contributed by atoms with Gasteiger partial charge in [-0.15, -0.1) is 22.7 Å². The molecule has 0 bridgehead atoms. The van der Waals surface area contributed by atoms with Crippen LogP contribution in [0.5, 0.6) is 0 Å². The predicted octanol–water partition coefficient (Wildman–Crippen LogP) is 4.88. The molecule has 4 rings (SSSR count). The second-order valence-corrected chi connectivity index (χ2v) is 9.00. The van der Waals surface area contributed by atoms with Gasteiger partial charge in [-0.2, -0.15) is 0 Å². The van der Waals surface area contributed by atoms with Crippen molar-refractivity contribution in [1.82, 2.24) is 4.98 Å². The van der Waals surface area contributed by atoms with E-state index in [-0.39, 0.29) is 18.6 Å². The number of thiophene rings is 2. The first-order chi connectivity index (χ1) is 13.0. The van der Waals surface area contributed by atoms with Crippen LogP contribution in [0.3, 0.4) is 0 Å². The summed E-state index contributed by atoms with van der Waals surface area (Å²) in [6.07, 6.45) is 0.797. The fourth-order valence-corrected chi connectivity index (χ4v) is 5.79. The van der Waals surface area contributed by atoms with E-state index in [1.807, 2.05) is 6.07 Å². The molecule has 4 N–H and O–H groups in total. The lowest BCUT2D eigenvalue weighted by atomic mass is 10.1. The van der Waals surface area contributed by atoms with Gasteiger partial charge in [-0.05, 0) is 33.8 Å². The van der Waals surface area contributed by atoms with Gasteiger partial charge < -0.3 is 20.9 Å². The van der Waals surface area contributed by atoms with Gasteiger partial charge in [0, 0.05) is 30.1 Å². The van der Waals surface area contributed by atoms with Crippen molar-refractivity contribution >= 4 is 72.6 Å². The summed E-state index contributed by atoms with van der Waals surface area (Å²) in [6, 6.07) is 6.06. The van der Waals surface area contributed by atoms with Crippen molar-refractivity contribution < 1.29 is 14.6 Å². The Morgan fingerprint density at radius 2 is 2.33 bits per heavy atom. The van der Waals surface area contributed by atoms with Crippen LogP contribution in [0.25, 0.3) is 10.2 Å². The standard InChI is InChI=1S/C16H15BrClN3OS2.CH2O2/c17-12-13-15(24-16(12)14-9(19)3-4-22-14)10(6-11(18)21-13)20-7-8-2-1-5-23-8;2-1-3/h1-2,5-6,9,14H,3-4,7,19H2,(H,20,21);1H,(H,2,3)/t9-,14-;/m1./s1. The smallest absolute Gasteiger partial charge is 0.290 e. The zero-order valence-corrected chi connectivity index (χ0v) is 18.0. The maximum Gasteiger partial charge on any atom is 0.290 e. The summed E-state index contributed by atoms with van der Waals surface area (Å²) < 4.78 is 7.83. The molecule has 3 aromatic heterocycles. The van der Waals surface area contributed by atoms with E-state index in [1.165, 1.54) is 4.88 Å². The van der Waals surface area contributed by atoms with E-state index >= 15 is 0 Å². The van der Waals surface area contributed by atoms with Gasteiger partial charge in [0.05, 0.1) is 25.3 Å². The Kier molecular flexibility index (Phi) is 7.07. The summed E-state index contributed by atoms with van der Waals surface area (Å²) in [5.74, 6) is 0. The van der Waals surface area contributed by atoms with Crippen LogP contribution in [-0.2, 0) is 16.1 Å². The van der Waals surface area contributed by atoms with Crippen molar-refractivity contribution in [2.45, 2.75) is 25.1 Å². The van der Waals surface area contributed by atoms with Gasteiger partial charge in [0.1, 0.15) is 11.3 Å². The molecule has 0 aromatic carbocycles. The quantitative estimate of drug-likeness (QED) is 0.356. The van der Waals surface area contributed by atoms with Crippen molar-refractivity contribution in [3.63, 3.8) is 0 Å². The fraction of sp³-hybridized carbons (Fsp3) is 0.294. The highest BCUT2D eigenvalue weighted by Gasteiger charge is 2.31. The first kappa shape index (κ1) is 20.5. The van der Waals surface area contributed by atoms with Crippen LogP contribution < -0.4 is 11.1 Å². The Balaban J connectivity index is 0.000000659. The molecule has 0 aliphatic carbocycles. The lowest BCUT2D eigenvalue weighted by Gasteiger charge is -2.12. The van der Waals surface area contributed by atoms with Crippen LogP contribution >= 0.6 is 50.2 Å². The lowest BCUT2D eigenvalue weighted by Crippen LogP contribution is -2.22. The molecule has 3 aromatic rings. The third-order valence-corrected chi connectivity index (χ3v) is 7.42. The topological polar surface area (TPSA) is 97.5 Å². The number of carbonyl (C=O) groups is 1. The number of halogens is 2. The largest absolute Gasteiger partial charge is 0.483 e. The minimum absolute atomic E-state index is 0.0207. The lowest BCUT2D eigenvalue weighted by molar-refractivity contribution is -0.122. The molecule has 0 saturated carbocycles. The average molecular weight is 491 g/mol. The zero-order valence-electron chi connectivity index (χ0n) is 14.0. The zero-order chi connectivity index (χ0) is 19.4. The van der Waals surface area contributed by atoms with Crippen LogP contribution in [-0.4, -0.2) is 29.2 Å². The van der Waals surface area contributed by atoms with Crippen LogP contribution in [0.15, 0.2) is 28.1 Å². The van der Waals surface area contributed by atoms with Gasteiger partial charge in [-0.1, -0.05) is 17.7 Å². The number of fused-ring (bicyclic) bond motifs is 1. The SMILES string of the molecule is N[C@@H]1CCO[C@H]1c1sc2c(NCc3cccs3)cc(Cl)nc2c1Br.O=CO. The second-order valence-electron chi connectivity index (χ2n) is 5.73. The summed E-state index contributed by atoms with van der Waals surface area (Å²) in [5, 5.41) is 12.9. The molecule has 2 atom stereocenters. The molecule has 27 heavy (non-hydrogen) atoms. The monoisotopic (exact) mass is 489 g/mol. The molecule has 0 spiro atoms. The number of hydrogen-bond acceptors (Lipinski definition) is 7. The first-order valence-corrected chi connectivity index (χ1v) is 10.9. The molecule has 1 saturated heterocycles. The highest BCUT2D eigenvalue weighted by molar-refractivity contribution is 9.10. The molecule has 0 unspecified atom stereocenters. The summed E-state index contributed by atoms with van der Waals surface area (Å²) >= 11 is 13.3. The molecule has 1 aliphatic rings. The normalized spacial score (nSPS) is 18.9. The Morgan fingerprint density at radius 1 is 1.56 bits per heavy atom. The third kappa shape index (κ3) is 4.61. The van der Waals surface area contributed by atoms with E-state index in [0.29, 0.717) is 11.8 Å². The van der Waals surface area contributed by atoms with Gasteiger partial charge in [0.25, 0.3) is 6.47 Å². The highest BCUT2D eigenvalue weighted by Crippen LogP contribution is 2.45. The Morgan fingerprint density at radius 3 is 2.96 bits per heavy atom. The number of nitrogens with one attached hydrogen (secondary N) is 1. The minimum atomic E-state index is -0.250. The molecule has 6 nitrogen and oxygen atoms in total. The molecule has 0 amide bonds. The van der Waals surface area contributed by atoms with Crippen LogP contribution in [0.4, 0.5) is 5.69 Å². The van der Waals surface area contributed by atoms with E-state index < -0.39 is 0 Å². The maximum atomic E-state index is 8.36. The van der Waals surface area contributed by atoms with Crippen LogP contribution in [0.1, 0.15) is 22.3 Å². The summed E-state index contributed by atoms with van der Waals surface area (Å²) in [6.45, 7) is 1.21. The maximum absolute atomic E-state index is 8.36. The van der Waals surface area contributed by atoms with E-state index in [0.717, 1.165) is 38.2 Å². The fourth-order valence-electron chi connectivity index (χ4n) is 2.81. The van der Waals surface area contributed by atoms with Gasteiger partial charge in [-0.25, -0.2) is 4.98 Å². The van der Waals surface area contributed by atoms with Gasteiger partial charge >= 0.3 is 0 Å². The first-order valence-electron chi connectivity index (χ1n) is 8.04. The molecular weight excluding hydrogens is 474 g/mol. The molecule has 0 radical (unpaired) electrons. The molecule has 1 fully saturated rings. The number of anilines is 1. The summed E-state index contributed by atoms with van der Waals surface area (Å²) in [4.78, 5) is 15.2. The van der Waals surface area contributed by atoms with Crippen LogP contribution in [0.2, 0.25) is 5.15 Å². The number of nitrogens with zero attached hydrogens (tertiary/aromatic N) is 1. The van der Waals surface area contributed by atoms with Crippen molar-refractivity contribution in [1.29, 1.82) is 0 Å².